The Morgan fingerprint density at radius 2 is 2.25 bits per heavy atom. The Hall–Kier alpha value is -1.47. The number of methoxy groups -OCH3 is 1. The number of hydrogen-bond acceptors (Lipinski definition) is 4. The van der Waals surface area contributed by atoms with Gasteiger partial charge in [-0.05, 0) is 40.8 Å². The van der Waals surface area contributed by atoms with Crippen molar-refractivity contribution < 1.29 is 9.53 Å². The highest BCUT2D eigenvalue weighted by Crippen LogP contribution is 2.31. The topological polar surface area (TPSA) is 41.9 Å². The first kappa shape index (κ1) is 17.4. The number of nitrogens with zero attached hydrogens (tertiary/aromatic N) is 2. The Morgan fingerprint density at radius 1 is 1.42 bits per heavy atom. The largest absolute Gasteiger partial charge is 0.372 e. The Morgan fingerprint density at radius 3 is 2.92 bits per heavy atom. The fraction of sp³-hybridized carbons (Fsp3) is 0.176. The summed E-state index contributed by atoms with van der Waals surface area (Å²) in [4.78, 5) is 18.8. The van der Waals surface area contributed by atoms with Gasteiger partial charge in [-0.1, -0.05) is 39.7 Å². The molecule has 3 rings (SSSR count). The van der Waals surface area contributed by atoms with E-state index in [-0.39, 0.29) is 18.7 Å². The SMILES string of the molecule is COC(c1cccc(Br)c1)c1csc(C(=O)N2C=CC(Cl)=NC2)c1. The van der Waals surface area contributed by atoms with Gasteiger partial charge in [-0.3, -0.25) is 14.7 Å². The van der Waals surface area contributed by atoms with Crippen LogP contribution in [0.4, 0.5) is 0 Å². The fourth-order valence-corrected chi connectivity index (χ4v) is 3.81. The van der Waals surface area contributed by atoms with Crippen LogP contribution in [0.3, 0.4) is 0 Å². The zero-order valence-corrected chi connectivity index (χ0v) is 15.9. The lowest BCUT2D eigenvalue weighted by atomic mass is 10.0. The molecule has 0 fully saturated rings. The highest BCUT2D eigenvalue weighted by Gasteiger charge is 2.21. The second-order valence-corrected chi connectivity index (χ2v) is 7.34. The second-order valence-electron chi connectivity index (χ2n) is 5.13. The van der Waals surface area contributed by atoms with Gasteiger partial charge >= 0.3 is 0 Å². The molecule has 0 saturated heterocycles. The summed E-state index contributed by atoms with van der Waals surface area (Å²) in [5.41, 5.74) is 1.98. The molecule has 0 N–H and O–H groups in total. The molecular weight excluding hydrogens is 412 g/mol. The number of amides is 1. The molecule has 24 heavy (non-hydrogen) atoms. The predicted molar refractivity (Wildman–Crippen MR) is 101 cm³/mol. The number of aliphatic imine (C=N–C) groups is 1. The predicted octanol–water partition coefficient (Wildman–Crippen LogP) is 4.81. The molecule has 1 aromatic carbocycles. The number of carbonyl (C=O) groups is 1. The standard InChI is InChI=1S/C17H14BrClN2O2S/c1-23-16(11-3-2-4-13(18)7-11)12-8-14(24-9-12)17(22)21-6-5-15(19)20-10-21/h2-9,16H,10H2,1H3. The van der Waals surface area contributed by atoms with Crippen LogP contribution in [-0.4, -0.2) is 29.8 Å². The van der Waals surface area contributed by atoms with Crippen LogP contribution in [0.15, 0.2) is 57.5 Å². The molecular formula is C17H14BrClN2O2S. The van der Waals surface area contributed by atoms with Crippen LogP contribution in [-0.2, 0) is 4.74 Å². The molecule has 1 atom stereocenters. The minimum atomic E-state index is -0.218. The van der Waals surface area contributed by atoms with Crippen LogP contribution in [0.25, 0.3) is 0 Å². The molecule has 1 unspecified atom stereocenters. The number of carbonyl (C=O) groups excluding carboxylic acids is 1. The fourth-order valence-electron chi connectivity index (χ4n) is 2.40. The summed E-state index contributed by atoms with van der Waals surface area (Å²) in [6.45, 7) is 0.237. The van der Waals surface area contributed by atoms with E-state index in [1.165, 1.54) is 16.2 Å². The third-order valence-electron chi connectivity index (χ3n) is 3.55. The van der Waals surface area contributed by atoms with Crippen molar-refractivity contribution in [3.05, 3.63) is 68.5 Å². The highest BCUT2D eigenvalue weighted by atomic mass is 79.9. The van der Waals surface area contributed by atoms with Gasteiger partial charge in [-0.25, -0.2) is 0 Å². The van der Waals surface area contributed by atoms with E-state index in [2.05, 4.69) is 20.9 Å². The number of thiophene rings is 1. The Balaban J connectivity index is 1.81. The molecule has 2 heterocycles. The minimum Gasteiger partial charge on any atom is -0.372 e. The third kappa shape index (κ3) is 3.78. The van der Waals surface area contributed by atoms with Crippen molar-refractivity contribution in [3.8, 4) is 0 Å². The average Bonchev–Trinajstić information content (AvgIpc) is 3.05. The van der Waals surface area contributed by atoms with E-state index in [9.17, 15) is 4.79 Å². The average molecular weight is 426 g/mol. The minimum absolute atomic E-state index is 0.0977. The number of benzene rings is 1. The number of allylic oxidation sites excluding steroid dienone is 1. The molecule has 1 aromatic heterocycles. The van der Waals surface area contributed by atoms with E-state index in [4.69, 9.17) is 16.3 Å². The maximum atomic E-state index is 12.5. The van der Waals surface area contributed by atoms with E-state index in [1.807, 2.05) is 35.7 Å². The van der Waals surface area contributed by atoms with Gasteiger partial charge in [0, 0.05) is 17.8 Å². The van der Waals surface area contributed by atoms with Gasteiger partial charge in [0.05, 0.1) is 4.88 Å². The van der Waals surface area contributed by atoms with Crippen molar-refractivity contribution in [2.75, 3.05) is 13.8 Å². The smallest absolute Gasteiger partial charge is 0.269 e. The van der Waals surface area contributed by atoms with Crippen LogP contribution in [0.2, 0.25) is 0 Å². The monoisotopic (exact) mass is 424 g/mol. The zero-order chi connectivity index (χ0) is 17.1. The molecule has 124 valence electrons. The summed E-state index contributed by atoms with van der Waals surface area (Å²) in [7, 11) is 1.66. The van der Waals surface area contributed by atoms with Crippen LogP contribution in [0.1, 0.15) is 26.9 Å². The molecule has 7 heteroatoms. The normalized spacial score (nSPS) is 15.3. The maximum Gasteiger partial charge on any atom is 0.269 e. The molecule has 1 aliphatic heterocycles. The van der Waals surface area contributed by atoms with Crippen molar-refractivity contribution in [2.24, 2.45) is 4.99 Å². The van der Waals surface area contributed by atoms with E-state index in [1.54, 1.807) is 19.4 Å². The van der Waals surface area contributed by atoms with Gasteiger partial charge < -0.3 is 4.74 Å². The molecule has 1 aliphatic rings. The quantitative estimate of drug-likeness (QED) is 0.705. The van der Waals surface area contributed by atoms with Gasteiger partial charge in [0.1, 0.15) is 17.9 Å². The van der Waals surface area contributed by atoms with Crippen LogP contribution in [0, 0.1) is 0 Å². The molecule has 0 radical (unpaired) electrons. The Bertz CT molecular complexity index is 818. The summed E-state index contributed by atoms with van der Waals surface area (Å²) in [5, 5.41) is 2.35. The van der Waals surface area contributed by atoms with Gasteiger partial charge in [0.15, 0.2) is 0 Å². The lowest BCUT2D eigenvalue weighted by Crippen LogP contribution is -2.27. The molecule has 4 nitrogen and oxygen atoms in total. The summed E-state index contributed by atoms with van der Waals surface area (Å²) in [5.74, 6) is -0.0977. The van der Waals surface area contributed by atoms with E-state index in [0.717, 1.165) is 15.6 Å². The number of halogens is 2. The summed E-state index contributed by atoms with van der Waals surface area (Å²) >= 11 is 10.7. The first-order valence-corrected chi connectivity index (χ1v) is 9.19. The van der Waals surface area contributed by atoms with Crippen molar-refractivity contribution in [1.29, 1.82) is 0 Å². The molecule has 2 aromatic rings. The summed E-state index contributed by atoms with van der Waals surface area (Å²) < 4.78 is 6.63. The lowest BCUT2D eigenvalue weighted by molar-refractivity contribution is 0.0829. The summed E-state index contributed by atoms with van der Waals surface area (Å²) in [6, 6.07) is 9.81. The third-order valence-corrected chi connectivity index (χ3v) is 5.22. The van der Waals surface area contributed by atoms with E-state index in [0.29, 0.717) is 10.0 Å². The molecule has 0 spiro atoms. The van der Waals surface area contributed by atoms with Crippen molar-refractivity contribution in [2.45, 2.75) is 6.10 Å². The number of hydrogen-bond donors (Lipinski definition) is 0. The van der Waals surface area contributed by atoms with E-state index >= 15 is 0 Å². The van der Waals surface area contributed by atoms with E-state index < -0.39 is 0 Å². The maximum absolute atomic E-state index is 12.5. The van der Waals surface area contributed by atoms with Crippen LogP contribution < -0.4 is 0 Å². The van der Waals surface area contributed by atoms with Crippen molar-refractivity contribution in [3.63, 3.8) is 0 Å². The van der Waals surface area contributed by atoms with Crippen molar-refractivity contribution in [1.82, 2.24) is 4.90 Å². The molecule has 0 saturated carbocycles. The van der Waals surface area contributed by atoms with Gasteiger partial charge in [-0.15, -0.1) is 11.3 Å². The van der Waals surface area contributed by atoms with Gasteiger partial charge in [-0.2, -0.15) is 0 Å². The van der Waals surface area contributed by atoms with Crippen molar-refractivity contribution >= 4 is 49.9 Å². The second kappa shape index (κ2) is 7.61. The lowest BCUT2D eigenvalue weighted by Gasteiger charge is -2.18. The number of ether oxygens (including phenoxy) is 1. The van der Waals surface area contributed by atoms with Crippen LogP contribution in [0.5, 0.6) is 0 Å². The molecule has 0 bridgehead atoms. The molecule has 0 aliphatic carbocycles. The molecule has 1 amide bonds. The van der Waals surface area contributed by atoms with Crippen LogP contribution >= 0.6 is 38.9 Å². The zero-order valence-electron chi connectivity index (χ0n) is 12.8. The van der Waals surface area contributed by atoms with Gasteiger partial charge in [0.25, 0.3) is 5.91 Å². The summed E-state index contributed by atoms with van der Waals surface area (Å²) in [6.07, 6.45) is 3.04. The Kier molecular flexibility index (Phi) is 5.50. The first-order valence-electron chi connectivity index (χ1n) is 7.14. The number of rotatable bonds is 4. The first-order chi connectivity index (χ1) is 11.6. The Labute approximate surface area is 157 Å². The van der Waals surface area contributed by atoms with Gasteiger partial charge in [0.2, 0.25) is 0 Å². The highest BCUT2D eigenvalue weighted by molar-refractivity contribution is 9.10.